The minimum Gasteiger partial charge on any atom is -0.483 e. The molecule has 3 N–H and O–H groups in total. The van der Waals surface area contributed by atoms with Crippen molar-refractivity contribution in [2.45, 2.75) is 32.7 Å². The summed E-state index contributed by atoms with van der Waals surface area (Å²) in [5.41, 5.74) is 2.62. The smallest absolute Gasteiger partial charge is 0.290 e. The van der Waals surface area contributed by atoms with Gasteiger partial charge in [0.15, 0.2) is 5.65 Å². The highest BCUT2D eigenvalue weighted by molar-refractivity contribution is 6.05. The Balaban J connectivity index is 0.000000968. The van der Waals surface area contributed by atoms with Crippen LogP contribution in [0.25, 0.3) is 5.65 Å². The van der Waals surface area contributed by atoms with Gasteiger partial charge in [-0.15, -0.1) is 0 Å². The maximum absolute atomic E-state index is 12.9. The van der Waals surface area contributed by atoms with Gasteiger partial charge in [0.05, 0.1) is 24.7 Å². The molecule has 4 rings (SSSR count). The Morgan fingerprint density at radius 3 is 2.64 bits per heavy atom. The molecule has 1 aliphatic rings. The van der Waals surface area contributed by atoms with Crippen LogP contribution in [0, 0.1) is 13.8 Å². The van der Waals surface area contributed by atoms with E-state index in [-0.39, 0.29) is 23.8 Å². The van der Waals surface area contributed by atoms with Gasteiger partial charge in [-0.2, -0.15) is 4.98 Å². The summed E-state index contributed by atoms with van der Waals surface area (Å²) in [6, 6.07) is 0.355. The van der Waals surface area contributed by atoms with Crippen LogP contribution in [0.4, 0.5) is 11.8 Å². The van der Waals surface area contributed by atoms with Crippen molar-refractivity contribution < 1.29 is 19.4 Å². The van der Waals surface area contributed by atoms with Crippen LogP contribution in [-0.2, 0) is 4.79 Å². The summed E-state index contributed by atoms with van der Waals surface area (Å²) in [6.07, 6.45) is 7.15. The van der Waals surface area contributed by atoms with Crippen molar-refractivity contribution in [3.8, 4) is 5.88 Å². The van der Waals surface area contributed by atoms with E-state index in [1.807, 2.05) is 36.4 Å². The Labute approximate surface area is 191 Å². The molecule has 3 aromatic rings. The lowest BCUT2D eigenvalue weighted by molar-refractivity contribution is -0.122. The number of imidazole rings is 1. The number of nitrogens with zero attached hydrogens (tertiary/aromatic N) is 6. The molecule has 33 heavy (non-hydrogen) atoms. The number of ether oxygens (including phenoxy) is 1. The first-order valence-corrected chi connectivity index (χ1v) is 10.4. The minimum atomic E-state index is -0.383. The number of carbonyl (C=O) groups excluding carboxylic acids is 1. The van der Waals surface area contributed by atoms with Gasteiger partial charge in [-0.3, -0.25) is 9.59 Å². The van der Waals surface area contributed by atoms with Crippen molar-refractivity contribution >= 4 is 29.8 Å². The average Bonchev–Trinajstić information content (AvgIpc) is 3.20. The molecule has 12 heteroatoms. The van der Waals surface area contributed by atoms with Crippen LogP contribution in [0.1, 0.15) is 34.6 Å². The highest BCUT2D eigenvalue weighted by Gasteiger charge is 2.23. The van der Waals surface area contributed by atoms with Crippen LogP contribution in [0.2, 0.25) is 0 Å². The lowest BCUT2D eigenvalue weighted by Gasteiger charge is -2.31. The van der Waals surface area contributed by atoms with E-state index in [0.717, 1.165) is 43.0 Å². The molecule has 0 unspecified atom stereocenters. The second-order valence-electron chi connectivity index (χ2n) is 7.57. The molecule has 1 amide bonds. The molecular formula is C21H28N8O4. The molecule has 1 aliphatic heterocycles. The largest absolute Gasteiger partial charge is 0.483 e. The highest BCUT2D eigenvalue weighted by atomic mass is 16.5. The lowest BCUT2D eigenvalue weighted by Crippen LogP contribution is -2.42. The number of anilines is 2. The molecule has 0 radical (unpaired) electrons. The molecule has 12 nitrogen and oxygen atoms in total. The van der Waals surface area contributed by atoms with Crippen LogP contribution < -0.4 is 20.3 Å². The first kappa shape index (κ1) is 23.9. The quantitative estimate of drug-likeness (QED) is 0.480. The van der Waals surface area contributed by atoms with Gasteiger partial charge in [0.25, 0.3) is 12.4 Å². The molecular weight excluding hydrogens is 428 g/mol. The maximum atomic E-state index is 12.9. The third-order valence-corrected chi connectivity index (χ3v) is 5.32. The van der Waals surface area contributed by atoms with Crippen molar-refractivity contribution in [1.82, 2.24) is 29.7 Å². The predicted molar refractivity (Wildman–Crippen MR) is 122 cm³/mol. The number of rotatable bonds is 5. The number of piperidine rings is 1. The standard InChI is InChI=1S/C20H26N8O2.CH2O2/c1-12-10-28-11-16(24-13(2)17(28)23-12)25-18(29)15-9-22-20(26-19(15)30-4)27(3)14-5-7-21-8-6-14;2-1-3/h9-11,14,21H,5-8H2,1-4H3,(H,25,29);1H,(H,2,3). The van der Waals surface area contributed by atoms with E-state index in [4.69, 9.17) is 14.6 Å². The molecule has 0 bridgehead atoms. The van der Waals surface area contributed by atoms with Gasteiger partial charge >= 0.3 is 0 Å². The number of methoxy groups -OCH3 is 1. The van der Waals surface area contributed by atoms with E-state index in [0.29, 0.717) is 17.8 Å². The van der Waals surface area contributed by atoms with Gasteiger partial charge in [0, 0.05) is 25.5 Å². The van der Waals surface area contributed by atoms with Gasteiger partial charge in [-0.1, -0.05) is 0 Å². The van der Waals surface area contributed by atoms with E-state index in [1.54, 1.807) is 6.20 Å². The van der Waals surface area contributed by atoms with Crippen molar-refractivity contribution in [3.05, 3.63) is 35.5 Å². The van der Waals surface area contributed by atoms with Crippen molar-refractivity contribution in [2.24, 2.45) is 0 Å². The summed E-state index contributed by atoms with van der Waals surface area (Å²) in [5.74, 6) is 0.806. The molecule has 4 heterocycles. The number of amides is 1. The van der Waals surface area contributed by atoms with E-state index >= 15 is 0 Å². The van der Waals surface area contributed by atoms with Crippen LogP contribution >= 0.6 is 0 Å². The molecule has 0 aromatic carbocycles. The topological polar surface area (TPSA) is 147 Å². The van der Waals surface area contributed by atoms with Gasteiger partial charge in [-0.25, -0.2) is 15.0 Å². The second kappa shape index (κ2) is 10.7. The molecule has 1 fully saturated rings. The summed E-state index contributed by atoms with van der Waals surface area (Å²) in [6.45, 7) is 5.46. The fourth-order valence-corrected chi connectivity index (χ4v) is 3.71. The normalized spacial score (nSPS) is 13.7. The number of hydrogen-bond acceptors (Lipinski definition) is 9. The molecule has 176 valence electrons. The molecule has 0 aliphatic carbocycles. The van der Waals surface area contributed by atoms with Crippen molar-refractivity contribution in [2.75, 3.05) is 37.5 Å². The fourth-order valence-electron chi connectivity index (χ4n) is 3.71. The summed E-state index contributed by atoms with van der Waals surface area (Å²) < 4.78 is 7.24. The third kappa shape index (κ3) is 5.52. The number of aryl methyl sites for hydroxylation is 2. The van der Waals surface area contributed by atoms with Crippen LogP contribution in [-0.4, -0.2) is 75.1 Å². The molecule has 3 aromatic heterocycles. The number of carboxylic acid groups (broad SMARTS) is 1. The monoisotopic (exact) mass is 456 g/mol. The first-order chi connectivity index (χ1) is 15.9. The minimum absolute atomic E-state index is 0.231. The van der Waals surface area contributed by atoms with Gasteiger partial charge in [-0.05, 0) is 39.8 Å². The Bertz CT molecular complexity index is 1130. The first-order valence-electron chi connectivity index (χ1n) is 10.4. The van der Waals surface area contributed by atoms with Crippen LogP contribution in [0.5, 0.6) is 5.88 Å². The van der Waals surface area contributed by atoms with E-state index in [2.05, 4.69) is 30.6 Å². The Morgan fingerprint density at radius 2 is 1.97 bits per heavy atom. The maximum Gasteiger partial charge on any atom is 0.290 e. The molecule has 1 saturated heterocycles. The molecule has 0 spiro atoms. The number of hydrogen-bond donors (Lipinski definition) is 3. The van der Waals surface area contributed by atoms with Crippen LogP contribution in [0.3, 0.4) is 0 Å². The lowest BCUT2D eigenvalue weighted by atomic mass is 10.1. The average molecular weight is 457 g/mol. The molecule has 0 saturated carbocycles. The van der Waals surface area contributed by atoms with Gasteiger partial charge < -0.3 is 29.8 Å². The molecule has 0 atom stereocenters. The van der Waals surface area contributed by atoms with Crippen molar-refractivity contribution in [1.29, 1.82) is 0 Å². The predicted octanol–water partition coefficient (Wildman–Crippen LogP) is 1.29. The van der Waals surface area contributed by atoms with Gasteiger partial charge in [0.1, 0.15) is 11.4 Å². The third-order valence-electron chi connectivity index (χ3n) is 5.32. The number of fused-ring (bicyclic) bond motifs is 1. The number of nitrogens with one attached hydrogen (secondary N) is 2. The zero-order valence-electron chi connectivity index (χ0n) is 19.1. The van der Waals surface area contributed by atoms with E-state index < -0.39 is 0 Å². The van der Waals surface area contributed by atoms with Gasteiger partial charge in [0.2, 0.25) is 11.8 Å². The zero-order chi connectivity index (χ0) is 24.0. The second-order valence-corrected chi connectivity index (χ2v) is 7.57. The Kier molecular flexibility index (Phi) is 7.72. The summed E-state index contributed by atoms with van der Waals surface area (Å²) in [5, 5.41) is 13.0. The SMILES string of the molecule is COc1nc(N(C)C2CCNCC2)ncc1C(=O)Nc1cn2cc(C)nc2c(C)n1.O=CO. The summed E-state index contributed by atoms with van der Waals surface area (Å²) >= 11 is 0. The van der Waals surface area contributed by atoms with E-state index in [9.17, 15) is 4.79 Å². The van der Waals surface area contributed by atoms with Crippen molar-refractivity contribution in [3.63, 3.8) is 0 Å². The summed E-state index contributed by atoms with van der Waals surface area (Å²) in [7, 11) is 3.47. The Hall–Kier alpha value is -3.80. The van der Waals surface area contributed by atoms with E-state index in [1.165, 1.54) is 13.3 Å². The fraction of sp³-hybridized carbons (Fsp3) is 0.429. The summed E-state index contributed by atoms with van der Waals surface area (Å²) in [4.78, 5) is 41.0. The number of aromatic nitrogens is 5. The Morgan fingerprint density at radius 1 is 1.27 bits per heavy atom. The zero-order valence-corrected chi connectivity index (χ0v) is 19.1. The van der Waals surface area contributed by atoms with Crippen LogP contribution in [0.15, 0.2) is 18.6 Å². The number of carbonyl (C=O) groups is 2. The highest BCUT2D eigenvalue weighted by Crippen LogP contribution is 2.22.